The molecular weight excluding hydrogens is 284 g/mol. The Bertz CT molecular complexity index is 651. The number of hydrogen-bond acceptors (Lipinski definition) is 5. The van der Waals surface area contributed by atoms with E-state index >= 15 is 0 Å². The van der Waals surface area contributed by atoms with Crippen LogP contribution in [0.5, 0.6) is 28.7 Å². The van der Waals surface area contributed by atoms with Gasteiger partial charge in [-0.1, -0.05) is 12.1 Å². The number of hydrogen-bond donors (Lipinski definition) is 0. The first-order valence-corrected chi connectivity index (χ1v) is 6.84. The third-order valence-electron chi connectivity index (χ3n) is 2.97. The summed E-state index contributed by atoms with van der Waals surface area (Å²) in [6, 6.07) is 10.5. The van der Waals surface area contributed by atoms with Crippen LogP contribution < -0.4 is 18.9 Å². The molecule has 0 saturated heterocycles. The molecule has 0 unspecified atom stereocenters. The summed E-state index contributed by atoms with van der Waals surface area (Å²) in [6.07, 6.45) is 0.725. The van der Waals surface area contributed by atoms with Gasteiger partial charge in [-0.05, 0) is 31.2 Å². The van der Waals surface area contributed by atoms with Crippen LogP contribution in [-0.4, -0.2) is 27.1 Å². The third kappa shape index (κ3) is 3.31. The van der Waals surface area contributed by atoms with Gasteiger partial charge >= 0.3 is 0 Å². The minimum absolute atomic E-state index is 0.385. The number of carbonyl (C=O) groups is 1. The summed E-state index contributed by atoms with van der Waals surface area (Å²) in [7, 11) is 3.02. The van der Waals surface area contributed by atoms with Crippen LogP contribution in [0.1, 0.15) is 17.3 Å². The smallest absolute Gasteiger partial charge is 0.203 e. The summed E-state index contributed by atoms with van der Waals surface area (Å²) in [6.45, 7) is 2.42. The molecule has 0 aliphatic rings. The normalized spacial score (nSPS) is 9.95. The molecule has 2 rings (SSSR count). The van der Waals surface area contributed by atoms with Crippen molar-refractivity contribution in [3.8, 4) is 28.7 Å². The fourth-order valence-corrected chi connectivity index (χ4v) is 2.02. The molecule has 22 heavy (non-hydrogen) atoms. The van der Waals surface area contributed by atoms with Crippen LogP contribution in [0.15, 0.2) is 36.4 Å². The Morgan fingerprint density at radius 1 is 0.955 bits per heavy atom. The molecule has 0 aliphatic carbocycles. The zero-order valence-electron chi connectivity index (χ0n) is 12.8. The lowest BCUT2D eigenvalue weighted by Gasteiger charge is -2.16. The fraction of sp³-hybridized carbons (Fsp3) is 0.235. The Morgan fingerprint density at radius 2 is 1.64 bits per heavy atom. The van der Waals surface area contributed by atoms with Gasteiger partial charge in [0.2, 0.25) is 5.75 Å². The van der Waals surface area contributed by atoms with Gasteiger partial charge in [0.05, 0.1) is 20.8 Å². The minimum Gasteiger partial charge on any atom is -0.493 e. The van der Waals surface area contributed by atoms with Gasteiger partial charge in [0, 0.05) is 5.56 Å². The summed E-state index contributed by atoms with van der Waals surface area (Å²) in [4.78, 5) is 11.1. The molecule has 5 nitrogen and oxygen atoms in total. The van der Waals surface area contributed by atoms with Gasteiger partial charge in [-0.25, -0.2) is 0 Å². The number of carbonyl (C=O) groups excluding carboxylic acids is 1. The van der Waals surface area contributed by atoms with E-state index in [-0.39, 0.29) is 0 Å². The highest BCUT2D eigenvalue weighted by Gasteiger charge is 2.16. The van der Waals surface area contributed by atoms with Crippen molar-refractivity contribution in [1.29, 1.82) is 0 Å². The molecule has 116 valence electrons. The van der Waals surface area contributed by atoms with E-state index in [9.17, 15) is 4.79 Å². The summed E-state index contributed by atoms with van der Waals surface area (Å²) in [5.74, 6) is 2.38. The van der Waals surface area contributed by atoms with Crippen molar-refractivity contribution in [2.75, 3.05) is 20.8 Å². The van der Waals surface area contributed by atoms with Gasteiger partial charge in [0.1, 0.15) is 6.29 Å². The molecule has 0 bridgehead atoms. The van der Waals surface area contributed by atoms with Crippen LogP contribution in [0.3, 0.4) is 0 Å². The lowest BCUT2D eigenvalue weighted by Crippen LogP contribution is -1.98. The average molecular weight is 302 g/mol. The van der Waals surface area contributed by atoms with Crippen LogP contribution in [0.2, 0.25) is 0 Å². The molecule has 0 saturated carbocycles. The lowest BCUT2D eigenvalue weighted by atomic mass is 10.2. The molecule has 0 fully saturated rings. The predicted molar refractivity (Wildman–Crippen MR) is 82.6 cm³/mol. The lowest BCUT2D eigenvalue weighted by molar-refractivity contribution is 0.112. The van der Waals surface area contributed by atoms with Gasteiger partial charge in [0.15, 0.2) is 23.0 Å². The molecule has 0 heterocycles. The van der Waals surface area contributed by atoms with Gasteiger partial charge in [-0.2, -0.15) is 0 Å². The van der Waals surface area contributed by atoms with Crippen LogP contribution in [0.25, 0.3) is 0 Å². The molecular formula is C17H18O5. The van der Waals surface area contributed by atoms with E-state index in [1.807, 2.05) is 25.1 Å². The highest BCUT2D eigenvalue weighted by molar-refractivity contribution is 5.78. The largest absolute Gasteiger partial charge is 0.493 e. The molecule has 5 heteroatoms. The van der Waals surface area contributed by atoms with Crippen molar-refractivity contribution in [3.63, 3.8) is 0 Å². The Morgan fingerprint density at radius 3 is 2.23 bits per heavy atom. The van der Waals surface area contributed by atoms with Crippen molar-refractivity contribution in [3.05, 3.63) is 42.0 Å². The summed E-state index contributed by atoms with van der Waals surface area (Å²) < 4.78 is 22.0. The SMILES string of the molecule is CCOc1ccccc1Oc1cc(C=O)cc(OC)c1OC. The zero-order chi connectivity index (χ0) is 15.9. The molecule has 0 spiro atoms. The van der Waals surface area contributed by atoms with Crippen LogP contribution in [0.4, 0.5) is 0 Å². The van der Waals surface area contributed by atoms with Crippen LogP contribution in [0, 0.1) is 0 Å². The van der Waals surface area contributed by atoms with Crippen LogP contribution in [-0.2, 0) is 0 Å². The summed E-state index contributed by atoms with van der Waals surface area (Å²) >= 11 is 0. The molecule has 0 aromatic heterocycles. The third-order valence-corrected chi connectivity index (χ3v) is 2.97. The fourth-order valence-electron chi connectivity index (χ4n) is 2.02. The predicted octanol–water partition coefficient (Wildman–Crippen LogP) is 3.71. The maximum absolute atomic E-state index is 11.1. The van der Waals surface area contributed by atoms with Gasteiger partial charge in [-0.3, -0.25) is 4.79 Å². The second kappa shape index (κ2) is 7.36. The molecule has 0 aliphatic heterocycles. The summed E-state index contributed by atoms with van der Waals surface area (Å²) in [5, 5.41) is 0. The zero-order valence-corrected chi connectivity index (χ0v) is 12.8. The Hall–Kier alpha value is -2.69. The molecule has 0 atom stereocenters. The number of aldehydes is 1. The average Bonchev–Trinajstić information content (AvgIpc) is 2.56. The van der Waals surface area contributed by atoms with E-state index in [1.54, 1.807) is 18.2 Å². The van der Waals surface area contributed by atoms with E-state index in [0.717, 1.165) is 6.29 Å². The Balaban J connectivity index is 2.46. The quantitative estimate of drug-likeness (QED) is 0.730. The number of para-hydroxylation sites is 2. The first kappa shape index (κ1) is 15.7. The second-order valence-corrected chi connectivity index (χ2v) is 4.35. The number of ether oxygens (including phenoxy) is 4. The van der Waals surface area contributed by atoms with Crippen molar-refractivity contribution in [1.82, 2.24) is 0 Å². The van der Waals surface area contributed by atoms with Gasteiger partial charge in [-0.15, -0.1) is 0 Å². The molecule has 2 aromatic rings. The van der Waals surface area contributed by atoms with E-state index < -0.39 is 0 Å². The number of benzene rings is 2. The highest BCUT2D eigenvalue weighted by atomic mass is 16.5. The minimum atomic E-state index is 0.385. The first-order valence-electron chi connectivity index (χ1n) is 6.84. The van der Waals surface area contributed by atoms with Gasteiger partial charge in [0.25, 0.3) is 0 Å². The van der Waals surface area contributed by atoms with E-state index in [4.69, 9.17) is 18.9 Å². The van der Waals surface area contributed by atoms with Crippen molar-refractivity contribution in [2.24, 2.45) is 0 Å². The molecule has 2 aromatic carbocycles. The Labute approximate surface area is 129 Å². The molecule has 0 N–H and O–H groups in total. The second-order valence-electron chi connectivity index (χ2n) is 4.35. The Kier molecular flexibility index (Phi) is 5.25. The van der Waals surface area contributed by atoms with Crippen molar-refractivity contribution >= 4 is 6.29 Å². The first-order chi connectivity index (χ1) is 10.7. The highest BCUT2D eigenvalue weighted by Crippen LogP contribution is 2.42. The van der Waals surface area contributed by atoms with Crippen molar-refractivity contribution in [2.45, 2.75) is 6.92 Å². The summed E-state index contributed by atoms with van der Waals surface area (Å²) in [5.41, 5.74) is 0.432. The van der Waals surface area contributed by atoms with Crippen LogP contribution >= 0.6 is 0 Å². The van der Waals surface area contributed by atoms with E-state index in [0.29, 0.717) is 40.9 Å². The topological polar surface area (TPSA) is 54.0 Å². The molecule has 0 radical (unpaired) electrons. The van der Waals surface area contributed by atoms with Gasteiger partial charge < -0.3 is 18.9 Å². The molecule has 0 amide bonds. The number of methoxy groups -OCH3 is 2. The standard InChI is InChI=1S/C17H18O5/c1-4-21-13-7-5-6-8-14(13)22-16-10-12(11-18)9-15(19-2)17(16)20-3/h5-11H,4H2,1-3H3. The van der Waals surface area contributed by atoms with Crippen molar-refractivity contribution < 1.29 is 23.7 Å². The van der Waals surface area contributed by atoms with E-state index in [1.165, 1.54) is 14.2 Å². The van der Waals surface area contributed by atoms with E-state index in [2.05, 4.69) is 0 Å². The maximum Gasteiger partial charge on any atom is 0.203 e. The number of rotatable bonds is 7. The monoisotopic (exact) mass is 302 g/mol. The maximum atomic E-state index is 11.1.